The minimum absolute atomic E-state index is 0.0704. The maximum Gasteiger partial charge on any atom is 0.433 e. The standard InChI is InChI=1S/C13H17F3N4/c1-19(2)7-4-8-20(3)12-10(9-17)5-6-11(18-12)13(14,15)16/h5-6H,4,7-8H2,1-3H3. The molecule has 0 saturated heterocycles. The molecule has 0 aromatic carbocycles. The van der Waals surface area contributed by atoms with Crippen molar-refractivity contribution in [3.63, 3.8) is 0 Å². The third-order valence-corrected chi connectivity index (χ3v) is 2.75. The highest BCUT2D eigenvalue weighted by atomic mass is 19.4. The maximum absolute atomic E-state index is 12.7. The molecule has 1 rings (SSSR count). The van der Waals surface area contributed by atoms with E-state index in [4.69, 9.17) is 5.26 Å². The fourth-order valence-electron chi connectivity index (χ4n) is 1.71. The first-order chi connectivity index (χ1) is 9.25. The lowest BCUT2D eigenvalue weighted by Gasteiger charge is -2.21. The zero-order chi connectivity index (χ0) is 15.3. The molecule has 0 aliphatic rings. The largest absolute Gasteiger partial charge is 0.433 e. The van der Waals surface area contributed by atoms with Gasteiger partial charge in [0.1, 0.15) is 17.6 Å². The summed E-state index contributed by atoms with van der Waals surface area (Å²) in [7, 11) is 5.48. The van der Waals surface area contributed by atoms with E-state index in [0.29, 0.717) is 6.54 Å². The first-order valence-corrected chi connectivity index (χ1v) is 6.10. The van der Waals surface area contributed by atoms with Crippen LogP contribution in [0.1, 0.15) is 17.7 Å². The molecule has 0 N–H and O–H groups in total. The molecule has 20 heavy (non-hydrogen) atoms. The highest BCUT2D eigenvalue weighted by Crippen LogP contribution is 2.30. The summed E-state index contributed by atoms with van der Waals surface area (Å²) in [4.78, 5) is 7.14. The molecule has 0 aliphatic heterocycles. The Morgan fingerprint density at radius 3 is 2.35 bits per heavy atom. The maximum atomic E-state index is 12.7. The monoisotopic (exact) mass is 286 g/mol. The molecule has 7 heteroatoms. The van der Waals surface area contributed by atoms with Crippen LogP contribution in [0.2, 0.25) is 0 Å². The van der Waals surface area contributed by atoms with E-state index in [2.05, 4.69) is 4.98 Å². The molecule has 0 aliphatic carbocycles. The summed E-state index contributed by atoms with van der Waals surface area (Å²) in [5.41, 5.74) is -0.837. The van der Waals surface area contributed by atoms with Crippen LogP contribution < -0.4 is 4.90 Å². The summed E-state index contributed by atoms with van der Waals surface area (Å²) >= 11 is 0. The first kappa shape index (κ1) is 16.2. The molecule has 0 atom stereocenters. The van der Waals surface area contributed by atoms with Crippen molar-refractivity contribution >= 4 is 5.82 Å². The molecule has 0 fully saturated rings. The molecule has 0 amide bonds. The average Bonchev–Trinajstić information content (AvgIpc) is 2.36. The normalized spacial score (nSPS) is 11.5. The second kappa shape index (κ2) is 6.57. The van der Waals surface area contributed by atoms with Crippen molar-refractivity contribution in [3.05, 3.63) is 23.4 Å². The summed E-state index contributed by atoms with van der Waals surface area (Å²) in [6.07, 6.45) is -3.74. The number of rotatable bonds is 5. The van der Waals surface area contributed by atoms with E-state index in [0.717, 1.165) is 25.1 Å². The van der Waals surface area contributed by atoms with Gasteiger partial charge in [0.25, 0.3) is 0 Å². The van der Waals surface area contributed by atoms with Gasteiger partial charge in [-0.25, -0.2) is 4.98 Å². The predicted molar refractivity (Wildman–Crippen MR) is 70.4 cm³/mol. The van der Waals surface area contributed by atoms with Crippen LogP contribution in [0.25, 0.3) is 0 Å². The van der Waals surface area contributed by atoms with Gasteiger partial charge >= 0.3 is 6.18 Å². The lowest BCUT2D eigenvalue weighted by molar-refractivity contribution is -0.141. The highest BCUT2D eigenvalue weighted by Gasteiger charge is 2.33. The zero-order valence-corrected chi connectivity index (χ0v) is 11.7. The molecule has 1 aromatic rings. The van der Waals surface area contributed by atoms with E-state index in [1.165, 1.54) is 0 Å². The molecule has 0 radical (unpaired) electrons. The quantitative estimate of drug-likeness (QED) is 0.833. The van der Waals surface area contributed by atoms with Gasteiger partial charge in [-0.05, 0) is 39.2 Å². The third kappa shape index (κ3) is 4.38. The van der Waals surface area contributed by atoms with Gasteiger partial charge in [0.05, 0.1) is 5.56 Å². The van der Waals surface area contributed by atoms with Crippen molar-refractivity contribution in [1.29, 1.82) is 5.26 Å². The van der Waals surface area contributed by atoms with Gasteiger partial charge in [-0.15, -0.1) is 0 Å². The lowest BCUT2D eigenvalue weighted by Crippen LogP contribution is -2.25. The van der Waals surface area contributed by atoms with E-state index >= 15 is 0 Å². The van der Waals surface area contributed by atoms with E-state index < -0.39 is 11.9 Å². The van der Waals surface area contributed by atoms with Crippen LogP contribution in [0.5, 0.6) is 0 Å². The topological polar surface area (TPSA) is 43.2 Å². The SMILES string of the molecule is CN(C)CCCN(C)c1nc(C(F)(F)F)ccc1C#N. The molecule has 0 spiro atoms. The predicted octanol–water partition coefficient (Wildman–Crippen LogP) is 2.36. The number of nitrogens with zero attached hydrogens (tertiary/aromatic N) is 4. The Balaban J connectivity index is 2.94. The van der Waals surface area contributed by atoms with Gasteiger partial charge in [0.2, 0.25) is 0 Å². The summed E-state index contributed by atoms with van der Waals surface area (Å²) < 4.78 is 38.0. The molecule has 4 nitrogen and oxygen atoms in total. The Morgan fingerprint density at radius 1 is 1.20 bits per heavy atom. The summed E-state index contributed by atoms with van der Waals surface area (Å²) in [5, 5.41) is 8.97. The minimum atomic E-state index is -4.51. The van der Waals surface area contributed by atoms with Crippen LogP contribution >= 0.6 is 0 Å². The smallest absolute Gasteiger partial charge is 0.359 e. The van der Waals surface area contributed by atoms with Crippen molar-refractivity contribution in [2.75, 3.05) is 39.1 Å². The number of hydrogen-bond acceptors (Lipinski definition) is 4. The number of anilines is 1. The Morgan fingerprint density at radius 2 is 1.85 bits per heavy atom. The van der Waals surface area contributed by atoms with Crippen LogP contribution in [0.3, 0.4) is 0 Å². The van der Waals surface area contributed by atoms with Crippen molar-refractivity contribution < 1.29 is 13.2 Å². The number of aromatic nitrogens is 1. The number of halogens is 3. The molecular formula is C13H17F3N4. The third-order valence-electron chi connectivity index (χ3n) is 2.75. The van der Waals surface area contributed by atoms with E-state index in [9.17, 15) is 13.2 Å². The van der Waals surface area contributed by atoms with Gasteiger partial charge < -0.3 is 9.80 Å². The highest BCUT2D eigenvalue weighted by molar-refractivity contribution is 5.54. The number of pyridine rings is 1. The van der Waals surface area contributed by atoms with Gasteiger partial charge in [0, 0.05) is 13.6 Å². The van der Waals surface area contributed by atoms with Crippen LogP contribution in [0, 0.1) is 11.3 Å². The van der Waals surface area contributed by atoms with Crippen LogP contribution in [-0.2, 0) is 6.18 Å². The van der Waals surface area contributed by atoms with Gasteiger partial charge in [-0.2, -0.15) is 18.4 Å². The van der Waals surface area contributed by atoms with E-state index in [1.54, 1.807) is 11.9 Å². The fourth-order valence-corrected chi connectivity index (χ4v) is 1.71. The van der Waals surface area contributed by atoms with Crippen LogP contribution in [0.15, 0.2) is 12.1 Å². The van der Waals surface area contributed by atoms with E-state index in [-0.39, 0.29) is 11.4 Å². The molecule has 0 saturated carbocycles. The van der Waals surface area contributed by atoms with Crippen molar-refractivity contribution in [3.8, 4) is 6.07 Å². The average molecular weight is 286 g/mol. The van der Waals surface area contributed by atoms with Crippen molar-refractivity contribution in [2.24, 2.45) is 0 Å². The second-order valence-corrected chi connectivity index (χ2v) is 4.76. The molecule has 110 valence electrons. The Hall–Kier alpha value is -1.81. The second-order valence-electron chi connectivity index (χ2n) is 4.76. The molecule has 0 unspecified atom stereocenters. The van der Waals surface area contributed by atoms with Crippen LogP contribution in [0.4, 0.5) is 19.0 Å². The van der Waals surface area contributed by atoms with E-state index in [1.807, 2.05) is 25.1 Å². The lowest BCUT2D eigenvalue weighted by atomic mass is 10.2. The van der Waals surface area contributed by atoms with Crippen LogP contribution in [-0.4, -0.2) is 44.1 Å². The number of alkyl halides is 3. The molecule has 1 aromatic heterocycles. The first-order valence-electron chi connectivity index (χ1n) is 6.10. The van der Waals surface area contributed by atoms with Gasteiger partial charge in [-0.1, -0.05) is 0 Å². The minimum Gasteiger partial charge on any atom is -0.359 e. The summed E-state index contributed by atoms with van der Waals surface area (Å²) in [6, 6.07) is 3.86. The zero-order valence-electron chi connectivity index (χ0n) is 11.7. The van der Waals surface area contributed by atoms with Crippen molar-refractivity contribution in [1.82, 2.24) is 9.88 Å². The number of nitriles is 1. The molecular weight excluding hydrogens is 269 g/mol. The van der Waals surface area contributed by atoms with Crippen molar-refractivity contribution in [2.45, 2.75) is 12.6 Å². The fraction of sp³-hybridized carbons (Fsp3) is 0.538. The molecule has 1 heterocycles. The molecule has 0 bridgehead atoms. The summed E-state index contributed by atoms with van der Waals surface area (Å²) in [6.45, 7) is 1.34. The number of hydrogen-bond donors (Lipinski definition) is 0. The van der Waals surface area contributed by atoms with Gasteiger partial charge in [0.15, 0.2) is 0 Å². The van der Waals surface area contributed by atoms with Gasteiger partial charge in [-0.3, -0.25) is 0 Å². The Bertz CT molecular complexity index is 491. The summed E-state index contributed by atoms with van der Waals surface area (Å²) in [5.74, 6) is 0.0704. The Labute approximate surface area is 116 Å². The Kier molecular flexibility index (Phi) is 5.34.